The summed E-state index contributed by atoms with van der Waals surface area (Å²) >= 11 is 0. The molecule has 21 heavy (non-hydrogen) atoms. The van der Waals surface area contributed by atoms with Crippen molar-refractivity contribution in [1.82, 2.24) is 5.32 Å². The van der Waals surface area contributed by atoms with Crippen LogP contribution in [0.25, 0.3) is 0 Å². The number of primary amides is 1. The zero-order valence-electron chi connectivity index (χ0n) is 13.9. The smallest absolute Gasteiger partial charge is 0.240 e. The van der Waals surface area contributed by atoms with Gasteiger partial charge in [-0.25, -0.2) is 0 Å². The van der Waals surface area contributed by atoms with Crippen molar-refractivity contribution in [2.24, 2.45) is 17.1 Å². The third kappa shape index (κ3) is 4.19. The fourth-order valence-corrected chi connectivity index (χ4v) is 3.39. The van der Waals surface area contributed by atoms with Gasteiger partial charge in [0.2, 0.25) is 5.91 Å². The number of amides is 1. The van der Waals surface area contributed by atoms with Crippen LogP contribution in [0.2, 0.25) is 0 Å². The van der Waals surface area contributed by atoms with E-state index in [1.165, 1.54) is 12.8 Å². The third-order valence-electron chi connectivity index (χ3n) is 5.24. The zero-order chi connectivity index (χ0) is 15.5. The Morgan fingerprint density at radius 1 is 1.29 bits per heavy atom. The monoisotopic (exact) mass is 296 g/mol. The van der Waals surface area contributed by atoms with E-state index in [9.17, 15) is 4.79 Å². The van der Waals surface area contributed by atoms with Crippen molar-refractivity contribution < 1.29 is 9.53 Å². The average molecular weight is 296 g/mol. The van der Waals surface area contributed by atoms with Crippen LogP contribution in [0.5, 0.6) is 0 Å². The molecule has 0 aromatic carbocycles. The molecule has 4 heteroatoms. The second-order valence-corrected chi connectivity index (χ2v) is 7.71. The van der Waals surface area contributed by atoms with Crippen molar-refractivity contribution in [3.8, 4) is 0 Å². The van der Waals surface area contributed by atoms with Gasteiger partial charge in [0.1, 0.15) is 5.54 Å². The number of carbonyl (C=O) groups excluding carboxylic acids is 1. The molecule has 2 rings (SSSR count). The molecule has 1 unspecified atom stereocenters. The lowest BCUT2D eigenvalue weighted by Crippen LogP contribution is -2.61. The summed E-state index contributed by atoms with van der Waals surface area (Å²) in [6, 6.07) is 0. The highest BCUT2D eigenvalue weighted by Gasteiger charge is 2.50. The molecule has 0 spiro atoms. The number of carbonyl (C=O) groups is 1. The van der Waals surface area contributed by atoms with E-state index >= 15 is 0 Å². The Balaban J connectivity index is 1.91. The van der Waals surface area contributed by atoms with Gasteiger partial charge in [0.25, 0.3) is 0 Å². The van der Waals surface area contributed by atoms with Crippen LogP contribution in [0.1, 0.15) is 65.7 Å². The first-order valence-electron chi connectivity index (χ1n) is 8.56. The van der Waals surface area contributed by atoms with E-state index in [4.69, 9.17) is 10.5 Å². The first kappa shape index (κ1) is 16.8. The minimum absolute atomic E-state index is 0.241. The quantitative estimate of drug-likeness (QED) is 0.723. The Morgan fingerprint density at radius 3 is 2.38 bits per heavy atom. The van der Waals surface area contributed by atoms with Gasteiger partial charge in [0.05, 0.1) is 12.7 Å². The molecule has 0 aliphatic heterocycles. The van der Waals surface area contributed by atoms with Gasteiger partial charge in [-0.1, -0.05) is 20.8 Å². The predicted octanol–water partition coefficient (Wildman–Crippen LogP) is 2.61. The van der Waals surface area contributed by atoms with Gasteiger partial charge in [0, 0.05) is 0 Å². The lowest BCUT2D eigenvalue weighted by molar-refractivity contribution is -0.130. The fraction of sp³-hybridized carbons (Fsp3) is 0.941. The molecule has 0 aromatic rings. The summed E-state index contributed by atoms with van der Waals surface area (Å²) in [4.78, 5) is 12.1. The van der Waals surface area contributed by atoms with Crippen molar-refractivity contribution in [3.63, 3.8) is 0 Å². The molecule has 1 atom stereocenters. The minimum Gasteiger partial charge on any atom is -0.376 e. The van der Waals surface area contributed by atoms with E-state index in [0.29, 0.717) is 24.0 Å². The fourth-order valence-electron chi connectivity index (χ4n) is 3.39. The predicted molar refractivity (Wildman–Crippen MR) is 84.9 cm³/mol. The van der Waals surface area contributed by atoms with Gasteiger partial charge in [0.15, 0.2) is 0 Å². The molecule has 122 valence electrons. The Labute approximate surface area is 129 Å². The molecule has 0 aromatic heterocycles. The van der Waals surface area contributed by atoms with Gasteiger partial charge < -0.3 is 15.8 Å². The molecule has 0 heterocycles. The van der Waals surface area contributed by atoms with Crippen LogP contribution in [0, 0.1) is 11.3 Å². The van der Waals surface area contributed by atoms with Crippen LogP contribution in [0.15, 0.2) is 0 Å². The molecule has 2 aliphatic carbocycles. The van der Waals surface area contributed by atoms with Crippen LogP contribution in [0.4, 0.5) is 0 Å². The van der Waals surface area contributed by atoms with E-state index in [1.54, 1.807) is 0 Å². The molecule has 0 saturated heterocycles. The minimum atomic E-state index is -0.636. The number of hydrogen-bond donors (Lipinski definition) is 2. The molecule has 0 radical (unpaired) electrons. The van der Waals surface area contributed by atoms with Crippen LogP contribution < -0.4 is 11.1 Å². The number of ether oxygens (including phenoxy) is 1. The average Bonchev–Trinajstić information content (AvgIpc) is 3.25. The number of rotatable bonds is 8. The molecular weight excluding hydrogens is 264 g/mol. The third-order valence-corrected chi connectivity index (χ3v) is 5.24. The Hall–Kier alpha value is -0.610. The lowest BCUT2D eigenvalue weighted by Gasteiger charge is -2.37. The molecule has 2 saturated carbocycles. The summed E-state index contributed by atoms with van der Waals surface area (Å²) in [5.41, 5.74) is 5.54. The molecule has 0 bridgehead atoms. The lowest BCUT2D eigenvalue weighted by atomic mass is 9.76. The Morgan fingerprint density at radius 2 is 1.90 bits per heavy atom. The molecule has 1 amide bonds. The van der Waals surface area contributed by atoms with Gasteiger partial charge >= 0.3 is 0 Å². The van der Waals surface area contributed by atoms with Crippen molar-refractivity contribution in [2.45, 2.75) is 77.4 Å². The number of hydrogen-bond acceptors (Lipinski definition) is 3. The summed E-state index contributed by atoms with van der Waals surface area (Å²) in [5.74, 6) is 0.121. The zero-order valence-corrected chi connectivity index (χ0v) is 13.9. The molecule has 4 nitrogen and oxygen atoms in total. The van der Waals surface area contributed by atoms with Crippen molar-refractivity contribution in [2.75, 3.05) is 13.2 Å². The van der Waals surface area contributed by atoms with Crippen LogP contribution >= 0.6 is 0 Å². The highest BCUT2D eigenvalue weighted by atomic mass is 16.5. The number of nitrogens with two attached hydrogens (primary N) is 1. The summed E-state index contributed by atoms with van der Waals surface area (Å²) in [6.45, 7) is 8.02. The maximum atomic E-state index is 12.1. The molecule has 2 fully saturated rings. The normalized spacial score (nSPS) is 25.5. The topological polar surface area (TPSA) is 64.3 Å². The second kappa shape index (κ2) is 6.66. The van der Waals surface area contributed by atoms with Gasteiger partial charge in [-0.3, -0.25) is 4.79 Å². The van der Waals surface area contributed by atoms with Crippen LogP contribution in [0.3, 0.4) is 0 Å². The SMILES string of the molecule is CCCNC(COC1CCC(C)(C)CC1)(C(N)=O)C1CC1. The molecular formula is C17H32N2O2. The van der Waals surface area contributed by atoms with E-state index < -0.39 is 5.54 Å². The molecule has 2 aliphatic rings. The Bertz CT molecular complexity index is 356. The maximum absolute atomic E-state index is 12.1. The Kier molecular flexibility index (Phi) is 5.31. The largest absolute Gasteiger partial charge is 0.376 e. The van der Waals surface area contributed by atoms with Crippen molar-refractivity contribution in [3.05, 3.63) is 0 Å². The van der Waals surface area contributed by atoms with E-state index in [2.05, 4.69) is 26.1 Å². The highest BCUT2D eigenvalue weighted by Crippen LogP contribution is 2.41. The summed E-state index contributed by atoms with van der Waals surface area (Å²) in [5, 5.41) is 3.40. The summed E-state index contributed by atoms with van der Waals surface area (Å²) in [7, 11) is 0. The first-order chi connectivity index (χ1) is 9.89. The first-order valence-corrected chi connectivity index (χ1v) is 8.56. The van der Waals surface area contributed by atoms with Gasteiger partial charge in [-0.2, -0.15) is 0 Å². The van der Waals surface area contributed by atoms with E-state index in [0.717, 1.165) is 38.6 Å². The van der Waals surface area contributed by atoms with Gasteiger partial charge in [-0.05, 0) is 62.8 Å². The van der Waals surface area contributed by atoms with Gasteiger partial charge in [-0.15, -0.1) is 0 Å². The highest BCUT2D eigenvalue weighted by molar-refractivity contribution is 5.85. The summed E-state index contributed by atoms with van der Waals surface area (Å²) in [6.07, 6.45) is 8.06. The van der Waals surface area contributed by atoms with Crippen LogP contribution in [-0.4, -0.2) is 30.7 Å². The standard InChI is InChI=1S/C17H32N2O2/c1-4-11-19-17(15(18)20,13-5-6-13)12-21-14-7-9-16(2,3)10-8-14/h13-14,19H,4-12H2,1-3H3,(H2,18,20). The maximum Gasteiger partial charge on any atom is 0.240 e. The van der Waals surface area contributed by atoms with E-state index in [-0.39, 0.29) is 5.91 Å². The van der Waals surface area contributed by atoms with Crippen molar-refractivity contribution in [1.29, 1.82) is 0 Å². The number of nitrogens with one attached hydrogen (secondary N) is 1. The second-order valence-electron chi connectivity index (χ2n) is 7.71. The van der Waals surface area contributed by atoms with Crippen LogP contribution in [-0.2, 0) is 9.53 Å². The molecule has 3 N–H and O–H groups in total. The van der Waals surface area contributed by atoms with Crippen molar-refractivity contribution >= 4 is 5.91 Å². The van der Waals surface area contributed by atoms with E-state index in [1.807, 2.05) is 0 Å². The summed E-state index contributed by atoms with van der Waals surface area (Å²) < 4.78 is 6.14.